The molecule has 0 aromatic carbocycles. The van der Waals surface area contributed by atoms with Crippen LogP contribution in [-0.4, -0.2) is 49.6 Å². The Hall–Kier alpha value is -0.610. The van der Waals surface area contributed by atoms with Crippen LogP contribution in [0.2, 0.25) is 0 Å². The summed E-state index contributed by atoms with van der Waals surface area (Å²) in [6.07, 6.45) is 4.20. The fraction of sp³-hybridized carbons (Fsp3) is 0.923. The van der Waals surface area contributed by atoms with Crippen molar-refractivity contribution in [3.63, 3.8) is 0 Å². The molecule has 0 aromatic heterocycles. The van der Waals surface area contributed by atoms with Crippen LogP contribution in [0, 0.1) is 5.92 Å². The zero-order valence-corrected chi connectivity index (χ0v) is 10.9. The molecule has 2 rings (SSSR count). The second kappa shape index (κ2) is 6.36. The summed E-state index contributed by atoms with van der Waals surface area (Å²) >= 11 is 0. The van der Waals surface area contributed by atoms with Gasteiger partial charge in [0.15, 0.2) is 0 Å². The van der Waals surface area contributed by atoms with Crippen molar-refractivity contribution in [2.75, 3.05) is 32.7 Å². The smallest absolute Gasteiger partial charge is 0.221 e. The van der Waals surface area contributed by atoms with Crippen LogP contribution in [0.15, 0.2) is 0 Å². The van der Waals surface area contributed by atoms with E-state index in [1.54, 1.807) is 0 Å². The lowest BCUT2D eigenvalue weighted by atomic mass is 10.1. The van der Waals surface area contributed by atoms with E-state index in [9.17, 15) is 4.79 Å². The van der Waals surface area contributed by atoms with Gasteiger partial charge in [-0.1, -0.05) is 6.92 Å². The molecule has 2 N–H and O–H groups in total. The van der Waals surface area contributed by atoms with E-state index >= 15 is 0 Å². The molecule has 2 aliphatic heterocycles. The van der Waals surface area contributed by atoms with E-state index in [1.807, 2.05) is 0 Å². The molecule has 17 heavy (non-hydrogen) atoms. The van der Waals surface area contributed by atoms with Crippen molar-refractivity contribution in [2.45, 2.75) is 38.6 Å². The first kappa shape index (κ1) is 12.8. The van der Waals surface area contributed by atoms with Gasteiger partial charge in [-0.05, 0) is 44.8 Å². The zero-order chi connectivity index (χ0) is 12.1. The van der Waals surface area contributed by atoms with Gasteiger partial charge in [-0.25, -0.2) is 0 Å². The van der Waals surface area contributed by atoms with Crippen LogP contribution in [0.5, 0.6) is 0 Å². The first-order chi connectivity index (χ1) is 8.28. The molecule has 0 saturated carbocycles. The third-order valence-corrected chi connectivity index (χ3v) is 4.00. The molecule has 2 heterocycles. The standard InChI is InChI=1S/C13H25N3O/c1-2-16-7-5-11(10-16)9-15-12-4-3-6-14-13(17)8-12/h11-12,15H,2-10H2,1H3,(H,14,17). The Kier molecular flexibility index (Phi) is 4.80. The number of likely N-dealkylation sites (tertiary alicyclic amines) is 1. The monoisotopic (exact) mass is 239 g/mol. The van der Waals surface area contributed by atoms with Crippen molar-refractivity contribution >= 4 is 5.91 Å². The second-order valence-corrected chi connectivity index (χ2v) is 5.35. The molecule has 0 bridgehead atoms. The Morgan fingerprint density at radius 1 is 1.47 bits per heavy atom. The number of carbonyl (C=O) groups is 1. The first-order valence-electron chi connectivity index (χ1n) is 7.00. The fourth-order valence-corrected chi connectivity index (χ4v) is 2.85. The summed E-state index contributed by atoms with van der Waals surface area (Å²) in [5, 5.41) is 6.52. The van der Waals surface area contributed by atoms with Gasteiger partial charge < -0.3 is 15.5 Å². The van der Waals surface area contributed by atoms with Crippen molar-refractivity contribution < 1.29 is 4.79 Å². The van der Waals surface area contributed by atoms with Crippen molar-refractivity contribution in [1.29, 1.82) is 0 Å². The third-order valence-electron chi connectivity index (χ3n) is 4.00. The Morgan fingerprint density at radius 2 is 2.35 bits per heavy atom. The maximum absolute atomic E-state index is 11.4. The SMILES string of the molecule is CCN1CCC(CNC2CCCNC(=O)C2)C1. The van der Waals surface area contributed by atoms with E-state index in [4.69, 9.17) is 0 Å². The lowest BCUT2D eigenvalue weighted by Gasteiger charge is -2.18. The number of rotatable bonds is 4. The number of nitrogens with zero attached hydrogens (tertiary/aromatic N) is 1. The highest BCUT2D eigenvalue weighted by Gasteiger charge is 2.23. The molecule has 2 aliphatic rings. The highest BCUT2D eigenvalue weighted by molar-refractivity contribution is 5.76. The van der Waals surface area contributed by atoms with Gasteiger partial charge in [0, 0.05) is 25.6 Å². The third kappa shape index (κ3) is 3.96. The maximum atomic E-state index is 11.4. The molecule has 0 spiro atoms. The predicted molar refractivity (Wildman–Crippen MR) is 68.9 cm³/mol. The van der Waals surface area contributed by atoms with Crippen molar-refractivity contribution in [3.8, 4) is 0 Å². The summed E-state index contributed by atoms with van der Waals surface area (Å²) in [7, 11) is 0. The summed E-state index contributed by atoms with van der Waals surface area (Å²) in [5.41, 5.74) is 0. The van der Waals surface area contributed by atoms with Gasteiger partial charge in [0.2, 0.25) is 5.91 Å². The quantitative estimate of drug-likeness (QED) is 0.754. The van der Waals surface area contributed by atoms with Crippen LogP contribution in [-0.2, 0) is 4.79 Å². The molecular formula is C13H25N3O. The van der Waals surface area contributed by atoms with E-state index in [2.05, 4.69) is 22.5 Å². The highest BCUT2D eigenvalue weighted by atomic mass is 16.1. The normalized spacial score (nSPS) is 31.2. The van der Waals surface area contributed by atoms with E-state index in [0.717, 1.165) is 31.8 Å². The van der Waals surface area contributed by atoms with Crippen LogP contribution in [0.25, 0.3) is 0 Å². The van der Waals surface area contributed by atoms with Gasteiger partial charge in [0.05, 0.1) is 0 Å². The minimum Gasteiger partial charge on any atom is -0.356 e. The zero-order valence-electron chi connectivity index (χ0n) is 10.9. The highest BCUT2D eigenvalue weighted by Crippen LogP contribution is 2.15. The molecule has 0 radical (unpaired) electrons. The summed E-state index contributed by atoms with van der Waals surface area (Å²) in [6, 6.07) is 0.396. The lowest BCUT2D eigenvalue weighted by molar-refractivity contribution is -0.121. The molecule has 2 saturated heterocycles. The number of hydrogen-bond donors (Lipinski definition) is 2. The first-order valence-corrected chi connectivity index (χ1v) is 7.00. The summed E-state index contributed by atoms with van der Waals surface area (Å²) in [4.78, 5) is 13.9. The minimum atomic E-state index is 0.210. The van der Waals surface area contributed by atoms with Crippen LogP contribution in [0.3, 0.4) is 0 Å². The van der Waals surface area contributed by atoms with E-state index < -0.39 is 0 Å². The lowest BCUT2D eigenvalue weighted by Crippen LogP contribution is -2.36. The number of amides is 1. The topological polar surface area (TPSA) is 44.4 Å². The second-order valence-electron chi connectivity index (χ2n) is 5.35. The van der Waals surface area contributed by atoms with Crippen LogP contribution in [0.4, 0.5) is 0 Å². The summed E-state index contributed by atoms with van der Waals surface area (Å²) in [6.45, 7) is 7.79. The number of nitrogens with one attached hydrogen (secondary N) is 2. The van der Waals surface area contributed by atoms with Crippen molar-refractivity contribution in [1.82, 2.24) is 15.5 Å². The number of hydrogen-bond acceptors (Lipinski definition) is 3. The van der Waals surface area contributed by atoms with Gasteiger partial charge in [-0.15, -0.1) is 0 Å². The molecule has 0 aromatic rings. The maximum Gasteiger partial charge on any atom is 0.221 e. The Bertz CT molecular complexity index is 257. The molecule has 98 valence electrons. The Balaban J connectivity index is 1.68. The number of carbonyl (C=O) groups excluding carboxylic acids is 1. The molecule has 1 amide bonds. The Labute approximate surface area is 104 Å². The Morgan fingerprint density at radius 3 is 3.12 bits per heavy atom. The molecule has 0 aliphatic carbocycles. The van der Waals surface area contributed by atoms with E-state index in [1.165, 1.54) is 26.1 Å². The summed E-state index contributed by atoms with van der Waals surface area (Å²) < 4.78 is 0. The van der Waals surface area contributed by atoms with Crippen molar-refractivity contribution in [3.05, 3.63) is 0 Å². The molecule has 4 nitrogen and oxygen atoms in total. The van der Waals surface area contributed by atoms with Gasteiger partial charge >= 0.3 is 0 Å². The minimum absolute atomic E-state index is 0.210. The molecule has 2 fully saturated rings. The molecular weight excluding hydrogens is 214 g/mol. The van der Waals surface area contributed by atoms with Crippen LogP contribution in [0.1, 0.15) is 32.6 Å². The van der Waals surface area contributed by atoms with E-state index in [0.29, 0.717) is 12.5 Å². The van der Waals surface area contributed by atoms with Gasteiger partial charge in [0.25, 0.3) is 0 Å². The van der Waals surface area contributed by atoms with Gasteiger partial charge in [-0.2, -0.15) is 0 Å². The van der Waals surface area contributed by atoms with Gasteiger partial charge in [0.1, 0.15) is 0 Å². The molecule has 2 unspecified atom stereocenters. The fourth-order valence-electron chi connectivity index (χ4n) is 2.85. The predicted octanol–water partition coefficient (Wildman–Crippen LogP) is 0.587. The summed E-state index contributed by atoms with van der Waals surface area (Å²) in [5.74, 6) is 0.989. The van der Waals surface area contributed by atoms with Crippen LogP contribution >= 0.6 is 0 Å². The molecule has 2 atom stereocenters. The van der Waals surface area contributed by atoms with Crippen molar-refractivity contribution in [2.24, 2.45) is 5.92 Å². The average Bonchev–Trinajstić information content (AvgIpc) is 2.69. The van der Waals surface area contributed by atoms with Crippen LogP contribution < -0.4 is 10.6 Å². The molecule has 4 heteroatoms. The largest absolute Gasteiger partial charge is 0.356 e. The van der Waals surface area contributed by atoms with E-state index in [-0.39, 0.29) is 5.91 Å². The average molecular weight is 239 g/mol. The van der Waals surface area contributed by atoms with Gasteiger partial charge in [-0.3, -0.25) is 4.79 Å².